The molecule has 1 N–H and O–H groups in total. The van der Waals surface area contributed by atoms with Crippen LogP contribution in [-0.2, 0) is 0 Å². The second kappa shape index (κ2) is 12.2. The summed E-state index contributed by atoms with van der Waals surface area (Å²) in [5.74, 6) is 1.42. The van der Waals surface area contributed by atoms with E-state index < -0.39 is 0 Å². The lowest BCUT2D eigenvalue weighted by Crippen LogP contribution is -2.33. The molecule has 0 saturated heterocycles. The van der Waals surface area contributed by atoms with Crippen LogP contribution in [0.1, 0.15) is 22.9 Å². The number of hydrogen-bond donors (Lipinski definition) is 1. The molecule has 0 aliphatic carbocycles. The van der Waals surface area contributed by atoms with E-state index in [-0.39, 0.29) is 6.17 Å². The van der Waals surface area contributed by atoms with E-state index in [4.69, 9.17) is 18.8 Å². The Hall–Kier alpha value is -7.24. The highest BCUT2D eigenvalue weighted by molar-refractivity contribution is 6.23. The average Bonchev–Trinajstić information content (AvgIpc) is 3.83. The van der Waals surface area contributed by atoms with Gasteiger partial charge in [0.1, 0.15) is 34.3 Å². The second-order valence-corrected chi connectivity index (χ2v) is 13.8. The summed E-state index contributed by atoms with van der Waals surface area (Å²) in [6.45, 7) is 0. The number of aliphatic imine (C=N–C) groups is 2. The molecule has 0 radical (unpaired) electrons. The molecule has 5 nitrogen and oxygen atoms in total. The highest BCUT2D eigenvalue weighted by Crippen LogP contribution is 2.42. The molecule has 0 fully saturated rings. The number of amidine groups is 2. The van der Waals surface area contributed by atoms with Crippen LogP contribution in [0.2, 0.25) is 0 Å². The Morgan fingerprint density at radius 1 is 0.444 bits per heavy atom. The van der Waals surface area contributed by atoms with Crippen molar-refractivity contribution in [2.45, 2.75) is 6.17 Å². The minimum atomic E-state index is -0.334. The minimum Gasteiger partial charge on any atom is -0.455 e. The van der Waals surface area contributed by atoms with Gasteiger partial charge in [0.15, 0.2) is 5.84 Å². The molecule has 1 aliphatic heterocycles. The quantitative estimate of drug-likeness (QED) is 0.195. The zero-order valence-corrected chi connectivity index (χ0v) is 29.0. The van der Waals surface area contributed by atoms with Gasteiger partial charge in [-0.05, 0) is 51.7 Å². The van der Waals surface area contributed by atoms with Crippen molar-refractivity contribution in [3.05, 3.63) is 193 Å². The van der Waals surface area contributed by atoms with Gasteiger partial charge in [-0.15, -0.1) is 0 Å². The Morgan fingerprint density at radius 2 is 1.04 bits per heavy atom. The van der Waals surface area contributed by atoms with Gasteiger partial charge in [-0.25, -0.2) is 9.98 Å². The third-order valence-electron chi connectivity index (χ3n) is 10.5. The van der Waals surface area contributed by atoms with Crippen LogP contribution in [0.3, 0.4) is 0 Å². The zero-order chi connectivity index (χ0) is 35.6. The number of furan rings is 2. The first-order valence-electron chi connectivity index (χ1n) is 18.2. The standard InChI is InChI=1S/C49H31N3O2/c1-3-12-30(13-4-1)32-24-25-34-29-35(27-26-33(34)28-32)48-50-47(31-14-5-2-6-15-31)51-49(52-48)41-21-11-23-43-44(41)40-20-10-19-39(46(40)54-43)38-18-9-17-37-36-16-7-8-22-42(36)53-45(37)38/h1-29,47H,(H,50,51,52). The molecule has 5 heteroatoms. The summed E-state index contributed by atoms with van der Waals surface area (Å²) in [5, 5.41) is 10.1. The van der Waals surface area contributed by atoms with Crippen molar-refractivity contribution < 1.29 is 8.83 Å². The summed E-state index contributed by atoms with van der Waals surface area (Å²) in [5.41, 5.74) is 10.6. The number of nitrogens with one attached hydrogen (secondary N) is 1. The first-order valence-corrected chi connectivity index (χ1v) is 18.2. The monoisotopic (exact) mass is 693 g/mol. The Kier molecular flexibility index (Phi) is 6.85. The minimum absolute atomic E-state index is 0.334. The number of nitrogens with zero attached hydrogens (tertiary/aromatic N) is 2. The lowest BCUT2D eigenvalue weighted by Gasteiger charge is -2.24. The van der Waals surface area contributed by atoms with Gasteiger partial charge in [0.25, 0.3) is 0 Å². The normalized spacial score (nSPS) is 14.5. The van der Waals surface area contributed by atoms with E-state index in [1.807, 2.05) is 54.6 Å². The van der Waals surface area contributed by atoms with Crippen molar-refractivity contribution in [3.8, 4) is 22.3 Å². The number of benzene rings is 8. The number of rotatable bonds is 5. The highest BCUT2D eigenvalue weighted by Gasteiger charge is 2.25. The van der Waals surface area contributed by atoms with Gasteiger partial charge in [0, 0.05) is 43.8 Å². The Labute approximate surface area is 310 Å². The van der Waals surface area contributed by atoms with Gasteiger partial charge < -0.3 is 14.2 Å². The molecule has 0 saturated carbocycles. The summed E-state index contributed by atoms with van der Waals surface area (Å²) in [7, 11) is 0. The van der Waals surface area contributed by atoms with Crippen LogP contribution in [0.25, 0.3) is 76.9 Å². The summed E-state index contributed by atoms with van der Waals surface area (Å²) >= 11 is 0. The molecule has 0 amide bonds. The molecule has 10 aromatic rings. The van der Waals surface area contributed by atoms with Gasteiger partial charge in [-0.3, -0.25) is 0 Å². The number of para-hydroxylation sites is 3. The fourth-order valence-electron chi connectivity index (χ4n) is 7.93. The Morgan fingerprint density at radius 3 is 1.85 bits per heavy atom. The zero-order valence-electron chi connectivity index (χ0n) is 29.0. The van der Waals surface area contributed by atoms with E-state index in [1.165, 1.54) is 16.5 Å². The molecule has 3 heterocycles. The largest absolute Gasteiger partial charge is 0.455 e. The SMILES string of the molecule is c1ccc(-c2ccc3cc(C4=NC(c5cccc6oc7c(-c8cccc9c8oc8ccccc89)cccc7c56)=NC(c5ccccc5)N4)ccc3c2)cc1. The van der Waals surface area contributed by atoms with Crippen LogP contribution >= 0.6 is 0 Å². The topological polar surface area (TPSA) is 63.0 Å². The first kappa shape index (κ1) is 30.4. The maximum Gasteiger partial charge on any atom is 0.160 e. The molecule has 1 atom stereocenters. The first-order chi connectivity index (χ1) is 26.7. The second-order valence-electron chi connectivity index (χ2n) is 13.8. The molecular weight excluding hydrogens is 663 g/mol. The third-order valence-corrected chi connectivity index (χ3v) is 10.5. The van der Waals surface area contributed by atoms with E-state index in [0.717, 1.165) is 82.9 Å². The number of fused-ring (bicyclic) bond motifs is 7. The predicted octanol–water partition coefficient (Wildman–Crippen LogP) is 12.5. The van der Waals surface area contributed by atoms with Crippen LogP contribution in [-0.4, -0.2) is 11.7 Å². The molecule has 54 heavy (non-hydrogen) atoms. The molecule has 1 unspecified atom stereocenters. The van der Waals surface area contributed by atoms with Crippen molar-refractivity contribution in [2.24, 2.45) is 9.98 Å². The summed E-state index contributed by atoms with van der Waals surface area (Å²) in [6.07, 6.45) is -0.334. The van der Waals surface area contributed by atoms with Crippen molar-refractivity contribution in [3.63, 3.8) is 0 Å². The molecule has 11 rings (SSSR count). The number of hydrogen-bond acceptors (Lipinski definition) is 5. The Bertz CT molecular complexity index is 3140. The van der Waals surface area contributed by atoms with Gasteiger partial charge >= 0.3 is 0 Å². The van der Waals surface area contributed by atoms with Crippen molar-refractivity contribution >= 4 is 66.3 Å². The van der Waals surface area contributed by atoms with E-state index in [1.54, 1.807) is 0 Å². The van der Waals surface area contributed by atoms with E-state index in [2.05, 4.69) is 127 Å². The highest BCUT2D eigenvalue weighted by atomic mass is 16.3. The van der Waals surface area contributed by atoms with Crippen molar-refractivity contribution in [2.75, 3.05) is 0 Å². The third kappa shape index (κ3) is 4.94. The van der Waals surface area contributed by atoms with Gasteiger partial charge in [0.2, 0.25) is 0 Å². The maximum atomic E-state index is 6.74. The lowest BCUT2D eigenvalue weighted by atomic mass is 9.98. The van der Waals surface area contributed by atoms with Crippen molar-refractivity contribution in [1.82, 2.24) is 5.32 Å². The van der Waals surface area contributed by atoms with Crippen LogP contribution < -0.4 is 5.32 Å². The van der Waals surface area contributed by atoms with Crippen LogP contribution in [0, 0.1) is 0 Å². The van der Waals surface area contributed by atoms with Gasteiger partial charge in [-0.2, -0.15) is 0 Å². The summed E-state index contributed by atoms with van der Waals surface area (Å²) in [4.78, 5) is 10.5. The molecule has 2 aromatic heterocycles. The maximum absolute atomic E-state index is 6.74. The molecule has 1 aliphatic rings. The molecule has 254 valence electrons. The van der Waals surface area contributed by atoms with Gasteiger partial charge in [0.05, 0.1) is 0 Å². The predicted molar refractivity (Wildman–Crippen MR) is 221 cm³/mol. The smallest absolute Gasteiger partial charge is 0.160 e. The summed E-state index contributed by atoms with van der Waals surface area (Å²) < 4.78 is 13.2. The summed E-state index contributed by atoms with van der Waals surface area (Å²) in [6, 6.07) is 61.0. The van der Waals surface area contributed by atoms with E-state index in [9.17, 15) is 0 Å². The average molecular weight is 694 g/mol. The fourth-order valence-corrected chi connectivity index (χ4v) is 7.93. The fraction of sp³-hybridized carbons (Fsp3) is 0.0204. The van der Waals surface area contributed by atoms with Crippen molar-refractivity contribution in [1.29, 1.82) is 0 Å². The van der Waals surface area contributed by atoms with Crippen LogP contribution in [0.4, 0.5) is 0 Å². The Balaban J connectivity index is 1.06. The molecular formula is C49H31N3O2. The van der Waals surface area contributed by atoms with Crippen LogP contribution in [0.5, 0.6) is 0 Å². The molecule has 8 aromatic carbocycles. The molecule has 0 spiro atoms. The van der Waals surface area contributed by atoms with E-state index in [0.29, 0.717) is 5.84 Å². The van der Waals surface area contributed by atoms with Crippen LogP contribution in [0.15, 0.2) is 195 Å². The molecule has 0 bridgehead atoms. The lowest BCUT2D eigenvalue weighted by molar-refractivity contribution is 0.665. The van der Waals surface area contributed by atoms with Gasteiger partial charge in [-0.1, -0.05) is 152 Å². The van der Waals surface area contributed by atoms with E-state index >= 15 is 0 Å².